The molecule has 7 heteroatoms. The number of hydrogen-bond donors (Lipinski definition) is 1. The Balaban J connectivity index is 1.89. The summed E-state index contributed by atoms with van der Waals surface area (Å²) in [5.41, 5.74) is 2.00. The van der Waals surface area contributed by atoms with Crippen LogP contribution in [0.3, 0.4) is 0 Å². The summed E-state index contributed by atoms with van der Waals surface area (Å²) < 4.78 is 14.1. The van der Waals surface area contributed by atoms with E-state index in [-0.39, 0.29) is 5.91 Å². The van der Waals surface area contributed by atoms with Crippen molar-refractivity contribution in [2.45, 2.75) is 19.8 Å². The zero-order valence-electron chi connectivity index (χ0n) is 11.9. The molecule has 0 bridgehead atoms. The van der Waals surface area contributed by atoms with Gasteiger partial charge in [-0.1, -0.05) is 13.0 Å². The van der Waals surface area contributed by atoms with Crippen molar-refractivity contribution in [3.8, 4) is 5.88 Å². The number of rotatable bonds is 6. The first kappa shape index (κ1) is 14.9. The molecule has 6 nitrogen and oxygen atoms in total. The monoisotopic (exact) mass is 296 g/mol. The van der Waals surface area contributed by atoms with Crippen molar-refractivity contribution in [2.75, 3.05) is 33.3 Å². The molecule has 0 spiro atoms. The fourth-order valence-corrected chi connectivity index (χ4v) is 2.53. The summed E-state index contributed by atoms with van der Waals surface area (Å²) in [5, 5.41) is 2.77. The number of hydrogen-bond acceptors (Lipinski definition) is 6. The van der Waals surface area contributed by atoms with Gasteiger partial charge in [0.15, 0.2) is 0 Å². The van der Waals surface area contributed by atoms with E-state index in [0.717, 1.165) is 36.9 Å². The average molecular weight is 296 g/mol. The Morgan fingerprint density at radius 1 is 1.55 bits per heavy atom. The third kappa shape index (κ3) is 4.01. The Labute approximate surface area is 123 Å². The van der Waals surface area contributed by atoms with E-state index in [1.54, 1.807) is 0 Å². The predicted molar refractivity (Wildman–Crippen MR) is 78.8 cm³/mol. The average Bonchev–Trinajstić information content (AvgIpc) is 2.91. The first-order chi connectivity index (χ1) is 9.70. The van der Waals surface area contributed by atoms with Gasteiger partial charge in [-0.15, -0.1) is 4.37 Å². The highest BCUT2D eigenvalue weighted by Gasteiger charge is 2.18. The van der Waals surface area contributed by atoms with Crippen LogP contribution in [0.2, 0.25) is 0 Å². The van der Waals surface area contributed by atoms with Crippen LogP contribution in [0.4, 0.5) is 0 Å². The van der Waals surface area contributed by atoms with Gasteiger partial charge in [-0.25, -0.2) is 0 Å². The van der Waals surface area contributed by atoms with Crippen LogP contribution in [-0.4, -0.2) is 52.8 Å². The van der Waals surface area contributed by atoms with E-state index < -0.39 is 0 Å². The molecule has 1 amide bonds. The molecule has 0 atom stereocenters. The second-order valence-corrected chi connectivity index (χ2v) is 5.25. The summed E-state index contributed by atoms with van der Waals surface area (Å²) in [6, 6.07) is 0. The van der Waals surface area contributed by atoms with Gasteiger partial charge in [-0.2, -0.15) is 4.37 Å². The number of nitrogens with one attached hydrogen (secondary N) is 1. The summed E-state index contributed by atoms with van der Waals surface area (Å²) in [7, 11) is 2.09. The Morgan fingerprint density at radius 2 is 2.40 bits per heavy atom. The fourth-order valence-electron chi connectivity index (χ4n) is 2.00. The molecule has 0 unspecified atom stereocenters. The Morgan fingerprint density at radius 3 is 3.15 bits per heavy atom. The van der Waals surface area contributed by atoms with E-state index in [0.29, 0.717) is 25.5 Å². The summed E-state index contributed by atoms with van der Waals surface area (Å²) in [6.45, 7) is 4.66. The third-order valence-electron chi connectivity index (χ3n) is 3.09. The van der Waals surface area contributed by atoms with Crippen molar-refractivity contribution in [1.82, 2.24) is 19.0 Å². The molecular formula is C13H20N4O2S. The highest BCUT2D eigenvalue weighted by molar-refractivity contribution is 6.99. The van der Waals surface area contributed by atoms with Crippen LogP contribution < -0.4 is 10.1 Å². The van der Waals surface area contributed by atoms with Crippen LogP contribution in [0.25, 0.3) is 5.57 Å². The van der Waals surface area contributed by atoms with Crippen molar-refractivity contribution in [3.63, 3.8) is 0 Å². The van der Waals surface area contributed by atoms with Gasteiger partial charge in [0.05, 0.1) is 18.3 Å². The molecule has 110 valence electrons. The van der Waals surface area contributed by atoms with Gasteiger partial charge in [0.2, 0.25) is 5.91 Å². The highest BCUT2D eigenvalue weighted by Crippen LogP contribution is 2.26. The molecule has 1 aromatic rings. The quantitative estimate of drug-likeness (QED) is 0.798. The lowest BCUT2D eigenvalue weighted by atomic mass is 10.1. The molecule has 0 saturated heterocycles. The zero-order valence-corrected chi connectivity index (χ0v) is 12.7. The third-order valence-corrected chi connectivity index (χ3v) is 3.60. The maximum Gasteiger partial charge on any atom is 0.253 e. The molecule has 2 heterocycles. The number of carbonyl (C=O) groups excluding carboxylic acids is 1. The molecule has 1 aliphatic heterocycles. The molecule has 1 aliphatic rings. The lowest BCUT2D eigenvalue weighted by Gasteiger charge is -2.22. The normalized spacial score (nSPS) is 15.8. The lowest BCUT2D eigenvalue weighted by Crippen LogP contribution is -2.27. The number of carbonyl (C=O) groups is 1. The molecule has 2 rings (SSSR count). The fraction of sp³-hybridized carbons (Fsp3) is 0.615. The Bertz CT molecular complexity index is 486. The predicted octanol–water partition coefficient (Wildman–Crippen LogP) is 1.16. The van der Waals surface area contributed by atoms with Crippen LogP contribution in [0.15, 0.2) is 6.08 Å². The number of likely N-dealkylation sites (N-methyl/N-ethyl adjacent to an activating group) is 1. The molecular weight excluding hydrogens is 276 g/mol. The van der Waals surface area contributed by atoms with E-state index in [2.05, 4.69) is 32.1 Å². The van der Waals surface area contributed by atoms with Crippen LogP contribution in [-0.2, 0) is 4.79 Å². The van der Waals surface area contributed by atoms with Crippen molar-refractivity contribution >= 4 is 23.2 Å². The minimum atomic E-state index is 0.0295. The van der Waals surface area contributed by atoms with Crippen molar-refractivity contribution in [2.24, 2.45) is 0 Å². The van der Waals surface area contributed by atoms with Crippen LogP contribution in [0.1, 0.15) is 25.5 Å². The van der Waals surface area contributed by atoms with Gasteiger partial charge in [0, 0.05) is 19.5 Å². The topological polar surface area (TPSA) is 67.3 Å². The van der Waals surface area contributed by atoms with Crippen LogP contribution in [0, 0.1) is 0 Å². The standard InChI is InChI=1S/C13H20N4O2S/c1-3-11(18)14-6-8-19-13-12(15-20-16-13)10-5-4-7-17(2)9-10/h5H,3-4,6-9H2,1-2H3,(H,14,18). The second kappa shape index (κ2) is 7.35. The minimum Gasteiger partial charge on any atom is -0.474 e. The summed E-state index contributed by atoms with van der Waals surface area (Å²) in [5.74, 6) is 0.601. The summed E-state index contributed by atoms with van der Waals surface area (Å²) in [6.07, 6.45) is 3.71. The number of ether oxygens (including phenoxy) is 1. The smallest absolute Gasteiger partial charge is 0.253 e. The van der Waals surface area contributed by atoms with Gasteiger partial charge in [0.1, 0.15) is 12.3 Å². The first-order valence-corrected chi connectivity index (χ1v) is 7.53. The number of nitrogens with zero attached hydrogens (tertiary/aromatic N) is 3. The number of amides is 1. The van der Waals surface area contributed by atoms with Crippen molar-refractivity contribution < 1.29 is 9.53 Å². The van der Waals surface area contributed by atoms with E-state index >= 15 is 0 Å². The van der Waals surface area contributed by atoms with Crippen molar-refractivity contribution in [1.29, 1.82) is 0 Å². The van der Waals surface area contributed by atoms with Gasteiger partial charge < -0.3 is 15.0 Å². The summed E-state index contributed by atoms with van der Waals surface area (Å²) >= 11 is 1.16. The first-order valence-electron chi connectivity index (χ1n) is 6.80. The number of aromatic nitrogens is 2. The molecule has 0 saturated carbocycles. The molecule has 0 fully saturated rings. The molecule has 1 aromatic heterocycles. The largest absolute Gasteiger partial charge is 0.474 e. The van der Waals surface area contributed by atoms with Crippen LogP contribution >= 0.6 is 11.7 Å². The van der Waals surface area contributed by atoms with Crippen molar-refractivity contribution in [3.05, 3.63) is 11.8 Å². The van der Waals surface area contributed by atoms with E-state index in [4.69, 9.17) is 4.74 Å². The van der Waals surface area contributed by atoms with Crippen LogP contribution in [0.5, 0.6) is 5.88 Å². The highest BCUT2D eigenvalue weighted by atomic mass is 32.1. The Kier molecular flexibility index (Phi) is 5.49. The molecule has 1 N–H and O–H groups in total. The van der Waals surface area contributed by atoms with Gasteiger partial charge in [-0.05, 0) is 19.0 Å². The zero-order chi connectivity index (χ0) is 14.4. The SMILES string of the molecule is CCC(=O)NCCOc1nsnc1C1=CCCN(C)C1. The van der Waals surface area contributed by atoms with E-state index in [1.165, 1.54) is 5.57 Å². The minimum absolute atomic E-state index is 0.0295. The van der Waals surface area contributed by atoms with Gasteiger partial charge >= 0.3 is 0 Å². The second-order valence-electron chi connectivity index (χ2n) is 4.73. The lowest BCUT2D eigenvalue weighted by molar-refractivity contribution is -0.120. The maximum absolute atomic E-state index is 11.1. The van der Waals surface area contributed by atoms with Gasteiger partial charge in [-0.3, -0.25) is 4.79 Å². The maximum atomic E-state index is 11.1. The molecule has 0 radical (unpaired) electrons. The molecule has 0 aromatic carbocycles. The Hall–Kier alpha value is -1.47. The molecule has 0 aliphatic carbocycles. The van der Waals surface area contributed by atoms with E-state index in [1.807, 2.05) is 6.92 Å². The van der Waals surface area contributed by atoms with E-state index in [9.17, 15) is 4.79 Å². The molecule has 20 heavy (non-hydrogen) atoms. The van der Waals surface area contributed by atoms with Gasteiger partial charge in [0.25, 0.3) is 5.88 Å². The summed E-state index contributed by atoms with van der Waals surface area (Å²) in [4.78, 5) is 13.4.